The van der Waals surface area contributed by atoms with Gasteiger partial charge in [-0.25, -0.2) is 4.79 Å². The molecule has 0 bridgehead atoms. The number of nitrogens with zero attached hydrogens (tertiary/aromatic N) is 1. The SMILES string of the molecule is C[C@@H](NC(=O)CCCCCN1C(=O)C=CC1=O)C(=O)NCCOCCOc1ccc(COC(=O)C(C)(C)C)c(O[C@@H]2O[C@H](C(=O)O)[C@@H](O)[C@H](O)[C@H]2O)c1. The van der Waals surface area contributed by atoms with E-state index >= 15 is 0 Å². The van der Waals surface area contributed by atoms with Crippen molar-refractivity contribution in [2.45, 2.75) is 96.7 Å². The summed E-state index contributed by atoms with van der Waals surface area (Å²) < 4.78 is 27.6. The molecule has 0 aromatic heterocycles. The van der Waals surface area contributed by atoms with Gasteiger partial charge < -0.3 is 54.7 Å². The number of esters is 1. The average molecular weight is 752 g/mol. The van der Waals surface area contributed by atoms with Gasteiger partial charge in [0.15, 0.2) is 6.10 Å². The van der Waals surface area contributed by atoms with Gasteiger partial charge >= 0.3 is 11.9 Å². The number of carboxylic acid groups (broad SMARTS) is 1. The number of rotatable bonds is 20. The molecule has 6 atom stereocenters. The normalized spacial score (nSPS) is 21.9. The van der Waals surface area contributed by atoms with E-state index in [0.29, 0.717) is 31.4 Å². The van der Waals surface area contributed by atoms with Crippen molar-refractivity contribution in [2.75, 3.05) is 32.9 Å². The fourth-order valence-corrected chi connectivity index (χ4v) is 4.97. The number of unbranched alkanes of at least 4 members (excludes halogenated alkanes) is 2. The third-order valence-electron chi connectivity index (χ3n) is 8.06. The topological polar surface area (TPSA) is 257 Å². The molecule has 2 heterocycles. The number of carbonyl (C=O) groups excluding carboxylic acids is 5. The lowest BCUT2D eigenvalue weighted by Gasteiger charge is -2.38. The van der Waals surface area contributed by atoms with Gasteiger partial charge in [-0.2, -0.15) is 0 Å². The first-order valence-corrected chi connectivity index (χ1v) is 17.2. The molecule has 2 aliphatic rings. The molecule has 18 heteroatoms. The summed E-state index contributed by atoms with van der Waals surface area (Å²) in [5.41, 5.74) is -0.500. The predicted octanol–water partition coefficient (Wildman–Crippen LogP) is -0.451. The second-order valence-corrected chi connectivity index (χ2v) is 13.5. The summed E-state index contributed by atoms with van der Waals surface area (Å²) in [6, 6.07) is 3.68. The van der Waals surface area contributed by atoms with E-state index in [4.69, 9.17) is 23.7 Å². The zero-order valence-electron chi connectivity index (χ0n) is 30.1. The van der Waals surface area contributed by atoms with Crippen LogP contribution in [0.2, 0.25) is 0 Å². The number of aliphatic hydroxyl groups is 3. The van der Waals surface area contributed by atoms with E-state index in [1.54, 1.807) is 33.8 Å². The fraction of sp³-hybridized carbons (Fsp3) is 0.600. The van der Waals surface area contributed by atoms with Crippen molar-refractivity contribution in [3.63, 3.8) is 0 Å². The Hall–Kier alpha value is -4.62. The molecule has 0 radical (unpaired) electrons. The highest BCUT2D eigenvalue weighted by molar-refractivity contribution is 6.12. The molecule has 0 aliphatic carbocycles. The zero-order valence-corrected chi connectivity index (χ0v) is 30.1. The average Bonchev–Trinajstić information content (AvgIpc) is 3.42. The Morgan fingerprint density at radius 1 is 0.943 bits per heavy atom. The second-order valence-electron chi connectivity index (χ2n) is 13.5. The number of benzene rings is 1. The molecule has 53 heavy (non-hydrogen) atoms. The van der Waals surface area contributed by atoms with Gasteiger partial charge in [-0.15, -0.1) is 0 Å². The minimum absolute atomic E-state index is 0.0171. The van der Waals surface area contributed by atoms with E-state index < -0.39 is 60.0 Å². The standard InChI is InChI=1S/C35H49N3O15/c1-20(37-24(39)8-6-5-7-14-38-25(40)11-12-26(38)41)31(45)36-13-15-49-16-17-50-22-10-9-21(19-51-34(48)35(2,3)4)23(18-22)52-33-29(44)27(42)28(43)30(53-33)32(46)47/h9-12,18,20,27-30,33,42-44H,5-8,13-17,19H2,1-4H3,(H,36,45)(H,37,39)(H,46,47)/t20-,27+,28+,29-,30+,33-/m1/s1. The number of nitrogens with one attached hydrogen (secondary N) is 2. The summed E-state index contributed by atoms with van der Waals surface area (Å²) in [5, 5.41) is 45.3. The summed E-state index contributed by atoms with van der Waals surface area (Å²) in [6.45, 7) is 7.04. The van der Waals surface area contributed by atoms with Gasteiger partial charge in [-0.1, -0.05) is 6.42 Å². The van der Waals surface area contributed by atoms with Crippen LogP contribution in [0.4, 0.5) is 0 Å². The lowest BCUT2D eigenvalue weighted by atomic mass is 9.97. The number of hydrogen-bond donors (Lipinski definition) is 6. The van der Waals surface area contributed by atoms with Crippen molar-refractivity contribution < 1.29 is 72.9 Å². The first-order valence-electron chi connectivity index (χ1n) is 17.2. The van der Waals surface area contributed by atoms with Crippen LogP contribution in [-0.2, 0) is 49.6 Å². The molecular weight excluding hydrogens is 702 g/mol. The quantitative estimate of drug-likeness (QED) is 0.0560. The van der Waals surface area contributed by atoms with Crippen LogP contribution in [0.5, 0.6) is 11.5 Å². The van der Waals surface area contributed by atoms with Crippen molar-refractivity contribution in [1.29, 1.82) is 0 Å². The van der Waals surface area contributed by atoms with Crippen molar-refractivity contribution in [1.82, 2.24) is 15.5 Å². The minimum atomic E-state index is -1.91. The third kappa shape index (κ3) is 13.1. The maximum Gasteiger partial charge on any atom is 0.335 e. The van der Waals surface area contributed by atoms with Gasteiger partial charge in [0.1, 0.15) is 49.1 Å². The van der Waals surface area contributed by atoms with Gasteiger partial charge in [0, 0.05) is 43.3 Å². The predicted molar refractivity (Wildman–Crippen MR) is 182 cm³/mol. The minimum Gasteiger partial charge on any atom is -0.491 e. The Balaban J connectivity index is 1.40. The Bertz CT molecular complexity index is 1480. The van der Waals surface area contributed by atoms with Crippen molar-refractivity contribution in [2.24, 2.45) is 5.41 Å². The van der Waals surface area contributed by atoms with Gasteiger partial charge in [-0.3, -0.25) is 28.9 Å². The van der Waals surface area contributed by atoms with Crippen LogP contribution in [0.3, 0.4) is 0 Å². The number of amides is 4. The second kappa shape index (κ2) is 20.0. The molecule has 0 spiro atoms. The smallest absolute Gasteiger partial charge is 0.335 e. The fourth-order valence-electron chi connectivity index (χ4n) is 4.97. The highest BCUT2D eigenvalue weighted by Crippen LogP contribution is 2.31. The molecule has 4 amide bonds. The maximum absolute atomic E-state index is 12.4. The maximum atomic E-state index is 12.4. The van der Waals surface area contributed by atoms with E-state index in [1.807, 2.05) is 0 Å². The van der Waals surface area contributed by atoms with Gasteiger partial charge in [0.25, 0.3) is 11.8 Å². The Labute approximate surface area is 306 Å². The summed E-state index contributed by atoms with van der Waals surface area (Å²) in [6.07, 6.45) is -4.87. The molecule has 1 fully saturated rings. The largest absolute Gasteiger partial charge is 0.491 e. The van der Waals surface area contributed by atoms with Crippen LogP contribution in [-0.4, -0.2) is 131 Å². The molecule has 6 N–H and O–H groups in total. The monoisotopic (exact) mass is 751 g/mol. The van der Waals surface area contributed by atoms with Gasteiger partial charge in [0.05, 0.1) is 18.6 Å². The Morgan fingerprint density at radius 3 is 2.30 bits per heavy atom. The molecule has 1 aromatic rings. The lowest BCUT2D eigenvalue weighted by molar-refractivity contribution is -0.271. The Kier molecular flexibility index (Phi) is 16.1. The molecule has 18 nitrogen and oxygen atoms in total. The molecule has 0 saturated carbocycles. The molecule has 2 aliphatic heterocycles. The summed E-state index contributed by atoms with van der Waals surface area (Å²) >= 11 is 0. The van der Waals surface area contributed by atoms with Crippen LogP contribution < -0.4 is 20.1 Å². The van der Waals surface area contributed by atoms with Crippen LogP contribution in [0.25, 0.3) is 0 Å². The number of ether oxygens (including phenoxy) is 5. The van der Waals surface area contributed by atoms with Crippen LogP contribution >= 0.6 is 0 Å². The number of carbonyl (C=O) groups is 6. The highest BCUT2D eigenvalue weighted by Gasteiger charge is 2.48. The van der Waals surface area contributed by atoms with Crippen molar-refractivity contribution in [3.8, 4) is 11.5 Å². The molecule has 0 unspecified atom stereocenters. The molecule has 3 rings (SSSR count). The number of aliphatic carboxylic acids is 1. The number of aliphatic hydroxyl groups excluding tert-OH is 3. The zero-order chi connectivity index (χ0) is 39.3. The van der Waals surface area contributed by atoms with Crippen molar-refractivity contribution >= 4 is 35.6 Å². The van der Waals surface area contributed by atoms with Crippen LogP contribution in [0.1, 0.15) is 58.9 Å². The van der Waals surface area contributed by atoms with E-state index in [2.05, 4.69) is 10.6 Å². The third-order valence-corrected chi connectivity index (χ3v) is 8.06. The first kappa shape index (κ1) is 42.8. The number of carboxylic acids is 1. The van der Waals surface area contributed by atoms with E-state index in [9.17, 15) is 49.2 Å². The van der Waals surface area contributed by atoms with Gasteiger partial charge in [0.2, 0.25) is 18.1 Å². The number of hydrogen-bond acceptors (Lipinski definition) is 14. The van der Waals surface area contributed by atoms with Gasteiger partial charge in [-0.05, 0) is 52.7 Å². The highest BCUT2D eigenvalue weighted by atomic mass is 16.7. The molecule has 1 aromatic carbocycles. The molecule has 294 valence electrons. The Morgan fingerprint density at radius 2 is 1.64 bits per heavy atom. The van der Waals surface area contributed by atoms with Crippen LogP contribution in [0.15, 0.2) is 30.4 Å². The summed E-state index contributed by atoms with van der Waals surface area (Å²) in [7, 11) is 0. The molecule has 1 saturated heterocycles. The van der Waals surface area contributed by atoms with E-state index in [0.717, 1.165) is 4.90 Å². The van der Waals surface area contributed by atoms with E-state index in [1.165, 1.54) is 24.3 Å². The molecular formula is C35H49N3O15. The number of imide groups is 1. The first-order chi connectivity index (χ1) is 25.0. The van der Waals surface area contributed by atoms with E-state index in [-0.39, 0.29) is 68.6 Å². The summed E-state index contributed by atoms with van der Waals surface area (Å²) in [5.74, 6) is -3.24. The van der Waals surface area contributed by atoms with Crippen molar-refractivity contribution in [3.05, 3.63) is 35.9 Å². The van der Waals surface area contributed by atoms with Crippen LogP contribution in [0, 0.1) is 5.41 Å². The lowest BCUT2D eigenvalue weighted by Crippen LogP contribution is -2.61. The summed E-state index contributed by atoms with van der Waals surface area (Å²) in [4.78, 5) is 72.8.